The topological polar surface area (TPSA) is 113 Å². The van der Waals surface area contributed by atoms with Gasteiger partial charge in [0.1, 0.15) is 0 Å². The lowest BCUT2D eigenvalue weighted by Gasteiger charge is -2.03. The van der Waals surface area contributed by atoms with Gasteiger partial charge in [0.2, 0.25) is 0 Å². The van der Waals surface area contributed by atoms with Crippen molar-refractivity contribution < 1.29 is 4.79 Å². The Hall–Kier alpha value is -3.22. The lowest BCUT2D eigenvalue weighted by Crippen LogP contribution is -2.17. The first-order valence-corrected chi connectivity index (χ1v) is 6.17. The highest BCUT2D eigenvalue weighted by Gasteiger charge is 2.14. The summed E-state index contributed by atoms with van der Waals surface area (Å²) in [6, 6.07) is 7.43. The van der Waals surface area contributed by atoms with Gasteiger partial charge in [0.15, 0.2) is 11.5 Å². The summed E-state index contributed by atoms with van der Waals surface area (Å²) in [5.41, 5.74) is 13.6. The first-order valence-electron chi connectivity index (χ1n) is 6.17. The molecule has 1 amide bonds. The largest absolute Gasteiger partial charge is 0.399 e. The number of nitrogens with zero attached hydrogens (tertiary/aromatic N) is 4. The van der Waals surface area contributed by atoms with Crippen LogP contribution in [-0.2, 0) is 0 Å². The smallest absolute Gasteiger partial charge is 0.271 e. The zero-order chi connectivity index (χ0) is 14.8. The van der Waals surface area contributed by atoms with Gasteiger partial charge in [-0.25, -0.2) is 14.6 Å². The Labute approximate surface area is 120 Å². The van der Waals surface area contributed by atoms with Gasteiger partial charge in [0, 0.05) is 29.8 Å². The average molecular weight is 280 g/mol. The number of amides is 1. The zero-order valence-corrected chi connectivity index (χ0v) is 11.0. The number of nitrogen functional groups attached to an aromatic ring is 1. The number of anilines is 1. The minimum atomic E-state index is -0.654. The highest BCUT2D eigenvalue weighted by Crippen LogP contribution is 2.22. The number of hydrogen-bond acceptors (Lipinski definition) is 5. The third kappa shape index (κ3) is 2.44. The van der Waals surface area contributed by atoms with Crippen LogP contribution in [0.15, 0.2) is 49.1 Å². The van der Waals surface area contributed by atoms with Crippen molar-refractivity contribution in [3.63, 3.8) is 0 Å². The van der Waals surface area contributed by atoms with Gasteiger partial charge in [-0.15, -0.1) is 0 Å². The van der Waals surface area contributed by atoms with Gasteiger partial charge in [-0.2, -0.15) is 5.10 Å². The third-order valence-corrected chi connectivity index (χ3v) is 2.93. The molecule has 0 unspecified atom stereocenters. The summed E-state index contributed by atoms with van der Waals surface area (Å²) in [5, 5.41) is 4.20. The first kappa shape index (κ1) is 12.8. The molecule has 7 nitrogen and oxygen atoms in total. The van der Waals surface area contributed by atoms with Crippen LogP contribution in [0.1, 0.15) is 10.5 Å². The molecule has 4 N–H and O–H groups in total. The molecule has 0 spiro atoms. The maximum absolute atomic E-state index is 11.4. The number of primary amides is 1. The SMILES string of the molecule is NC(=O)c1nccnc1-n1cc(-c2cccc(N)c2)cn1. The second kappa shape index (κ2) is 5.04. The summed E-state index contributed by atoms with van der Waals surface area (Å²) < 4.78 is 1.46. The molecular formula is C14H12N6O. The van der Waals surface area contributed by atoms with Gasteiger partial charge in [-0.3, -0.25) is 4.79 Å². The van der Waals surface area contributed by atoms with Crippen molar-refractivity contribution >= 4 is 11.6 Å². The van der Waals surface area contributed by atoms with Crippen molar-refractivity contribution in [2.24, 2.45) is 5.73 Å². The van der Waals surface area contributed by atoms with Crippen molar-refractivity contribution in [1.82, 2.24) is 19.7 Å². The van der Waals surface area contributed by atoms with E-state index in [1.165, 1.54) is 17.1 Å². The fourth-order valence-corrected chi connectivity index (χ4v) is 1.98. The summed E-state index contributed by atoms with van der Waals surface area (Å²) in [5.74, 6) is -0.362. The predicted molar refractivity (Wildman–Crippen MR) is 77.5 cm³/mol. The van der Waals surface area contributed by atoms with Crippen molar-refractivity contribution in [2.75, 3.05) is 5.73 Å². The van der Waals surface area contributed by atoms with E-state index in [0.29, 0.717) is 11.5 Å². The molecule has 0 saturated heterocycles. The third-order valence-electron chi connectivity index (χ3n) is 2.93. The van der Waals surface area contributed by atoms with E-state index in [2.05, 4.69) is 15.1 Å². The van der Waals surface area contributed by atoms with Crippen molar-refractivity contribution in [2.45, 2.75) is 0 Å². The molecule has 21 heavy (non-hydrogen) atoms. The number of aromatic nitrogens is 4. The molecule has 3 aromatic rings. The molecule has 0 aliphatic rings. The number of benzene rings is 1. The Morgan fingerprint density at radius 2 is 1.95 bits per heavy atom. The van der Waals surface area contributed by atoms with Gasteiger partial charge in [0.25, 0.3) is 5.91 Å². The Morgan fingerprint density at radius 3 is 2.71 bits per heavy atom. The Bertz CT molecular complexity index is 810. The number of hydrogen-bond donors (Lipinski definition) is 2. The molecule has 0 aliphatic heterocycles. The van der Waals surface area contributed by atoms with Crippen LogP contribution < -0.4 is 11.5 Å². The van der Waals surface area contributed by atoms with E-state index in [1.54, 1.807) is 12.4 Å². The summed E-state index contributed by atoms with van der Waals surface area (Å²) in [6.07, 6.45) is 6.29. The lowest BCUT2D eigenvalue weighted by atomic mass is 10.1. The van der Waals surface area contributed by atoms with Crippen molar-refractivity contribution in [3.05, 3.63) is 54.7 Å². The van der Waals surface area contributed by atoms with Crippen LogP contribution >= 0.6 is 0 Å². The number of rotatable bonds is 3. The molecule has 0 radical (unpaired) electrons. The van der Waals surface area contributed by atoms with Crippen molar-refractivity contribution in [3.8, 4) is 16.9 Å². The van der Waals surface area contributed by atoms with Gasteiger partial charge < -0.3 is 11.5 Å². The molecule has 7 heteroatoms. The van der Waals surface area contributed by atoms with E-state index in [4.69, 9.17) is 11.5 Å². The second-order valence-corrected chi connectivity index (χ2v) is 4.39. The van der Waals surface area contributed by atoms with E-state index >= 15 is 0 Å². The summed E-state index contributed by atoms with van der Waals surface area (Å²) in [6.45, 7) is 0. The summed E-state index contributed by atoms with van der Waals surface area (Å²) in [7, 11) is 0. The van der Waals surface area contributed by atoms with Gasteiger partial charge in [-0.1, -0.05) is 12.1 Å². The molecular weight excluding hydrogens is 268 g/mol. The predicted octanol–water partition coefficient (Wildman–Crippen LogP) is 1.01. The maximum atomic E-state index is 11.4. The van der Waals surface area contributed by atoms with E-state index in [-0.39, 0.29) is 5.69 Å². The van der Waals surface area contributed by atoms with E-state index in [1.807, 2.05) is 24.3 Å². The Kier molecular flexibility index (Phi) is 3.07. The minimum absolute atomic E-state index is 0.0692. The van der Waals surface area contributed by atoms with Crippen LogP contribution in [0.4, 0.5) is 5.69 Å². The highest BCUT2D eigenvalue weighted by atomic mass is 16.1. The molecule has 1 aromatic carbocycles. The normalized spacial score (nSPS) is 10.5. The molecule has 2 heterocycles. The minimum Gasteiger partial charge on any atom is -0.399 e. The van der Waals surface area contributed by atoms with Crippen LogP contribution in [0, 0.1) is 0 Å². The van der Waals surface area contributed by atoms with E-state index < -0.39 is 5.91 Å². The molecule has 0 bridgehead atoms. The Morgan fingerprint density at radius 1 is 1.14 bits per heavy atom. The van der Waals surface area contributed by atoms with Crippen molar-refractivity contribution in [1.29, 1.82) is 0 Å². The average Bonchev–Trinajstić information content (AvgIpc) is 2.97. The van der Waals surface area contributed by atoms with Crippen LogP contribution in [0.25, 0.3) is 16.9 Å². The molecule has 0 fully saturated rings. The van der Waals surface area contributed by atoms with E-state index in [9.17, 15) is 4.79 Å². The highest BCUT2D eigenvalue weighted by molar-refractivity contribution is 5.93. The second-order valence-electron chi connectivity index (χ2n) is 4.39. The fourth-order valence-electron chi connectivity index (χ4n) is 1.98. The van der Waals surface area contributed by atoms with Gasteiger partial charge in [-0.05, 0) is 17.7 Å². The quantitative estimate of drug-likeness (QED) is 0.695. The number of nitrogens with two attached hydrogens (primary N) is 2. The molecule has 3 rings (SSSR count). The van der Waals surface area contributed by atoms with Gasteiger partial charge in [0.05, 0.1) is 6.20 Å². The fraction of sp³-hybridized carbons (Fsp3) is 0. The molecule has 0 saturated carbocycles. The molecule has 0 atom stereocenters. The zero-order valence-electron chi connectivity index (χ0n) is 11.0. The summed E-state index contributed by atoms with van der Waals surface area (Å²) >= 11 is 0. The van der Waals surface area contributed by atoms with Crippen LogP contribution in [0.3, 0.4) is 0 Å². The molecule has 2 aromatic heterocycles. The molecule has 0 aliphatic carbocycles. The Balaban J connectivity index is 2.05. The van der Waals surface area contributed by atoms with Crippen LogP contribution in [0.2, 0.25) is 0 Å². The lowest BCUT2D eigenvalue weighted by molar-refractivity contribution is 0.0995. The van der Waals surface area contributed by atoms with Gasteiger partial charge >= 0.3 is 0 Å². The molecule has 104 valence electrons. The summed E-state index contributed by atoms with van der Waals surface area (Å²) in [4.78, 5) is 19.4. The number of carbonyl (C=O) groups excluding carboxylic acids is 1. The maximum Gasteiger partial charge on any atom is 0.271 e. The standard InChI is InChI=1S/C14H12N6O/c15-11-3-1-2-9(6-11)10-7-19-20(8-10)14-12(13(16)21)17-4-5-18-14/h1-8H,15H2,(H2,16,21). The number of carbonyl (C=O) groups is 1. The van der Waals surface area contributed by atoms with Crippen LogP contribution in [-0.4, -0.2) is 25.7 Å². The van der Waals surface area contributed by atoms with Crippen LogP contribution in [0.5, 0.6) is 0 Å². The first-order chi connectivity index (χ1) is 10.1. The monoisotopic (exact) mass is 280 g/mol. The van der Waals surface area contributed by atoms with E-state index in [0.717, 1.165) is 11.1 Å².